The van der Waals surface area contributed by atoms with E-state index in [9.17, 15) is 18.4 Å². The zero-order chi connectivity index (χ0) is 20.1. The van der Waals surface area contributed by atoms with E-state index in [1.807, 2.05) is 0 Å². The third-order valence-electron chi connectivity index (χ3n) is 5.65. The molecular formula is C19H22F2N4O3. The van der Waals surface area contributed by atoms with Crippen LogP contribution in [0.1, 0.15) is 19.8 Å². The summed E-state index contributed by atoms with van der Waals surface area (Å²) in [6, 6.07) is 2.31. The molecule has 1 spiro atoms. The summed E-state index contributed by atoms with van der Waals surface area (Å²) >= 11 is 0. The van der Waals surface area contributed by atoms with E-state index in [1.54, 1.807) is 11.9 Å². The highest BCUT2D eigenvalue weighted by molar-refractivity contribution is 5.99. The molecule has 0 aromatic heterocycles. The molecule has 2 saturated heterocycles. The predicted molar refractivity (Wildman–Crippen MR) is 99.9 cm³/mol. The largest absolute Gasteiger partial charge is 0.442 e. The van der Waals surface area contributed by atoms with Gasteiger partial charge < -0.3 is 15.0 Å². The molecule has 1 saturated carbocycles. The minimum atomic E-state index is -0.721. The van der Waals surface area contributed by atoms with Crippen LogP contribution in [-0.4, -0.2) is 57.0 Å². The van der Waals surface area contributed by atoms with Crippen LogP contribution in [-0.2, 0) is 9.53 Å². The molecule has 1 N–H and O–H groups in total. The van der Waals surface area contributed by atoms with Gasteiger partial charge in [-0.05, 0) is 12.8 Å². The van der Waals surface area contributed by atoms with Crippen molar-refractivity contribution in [3.63, 3.8) is 0 Å². The van der Waals surface area contributed by atoms with Crippen molar-refractivity contribution >= 4 is 29.1 Å². The van der Waals surface area contributed by atoms with Crippen molar-refractivity contribution in [1.82, 2.24) is 5.32 Å². The van der Waals surface area contributed by atoms with Gasteiger partial charge in [0.25, 0.3) is 0 Å². The van der Waals surface area contributed by atoms with Gasteiger partial charge in [0.05, 0.1) is 25.3 Å². The fourth-order valence-electron chi connectivity index (χ4n) is 4.03. The topological polar surface area (TPSA) is 74.2 Å². The summed E-state index contributed by atoms with van der Waals surface area (Å²) in [5.74, 6) is -1.69. The number of nitrogens with one attached hydrogen (secondary N) is 1. The van der Waals surface area contributed by atoms with Gasteiger partial charge in [-0.3, -0.25) is 14.7 Å². The normalized spacial score (nSPS) is 24.2. The van der Waals surface area contributed by atoms with Crippen molar-refractivity contribution in [3.8, 4) is 0 Å². The number of aliphatic imine (C=N–C) groups is 1. The first-order chi connectivity index (χ1) is 13.3. The highest BCUT2D eigenvalue weighted by Crippen LogP contribution is 2.52. The zero-order valence-corrected chi connectivity index (χ0v) is 15.8. The predicted octanol–water partition coefficient (Wildman–Crippen LogP) is 2.10. The maximum Gasteiger partial charge on any atom is 0.414 e. The van der Waals surface area contributed by atoms with Crippen LogP contribution in [0.2, 0.25) is 0 Å². The molecule has 7 nitrogen and oxygen atoms in total. The van der Waals surface area contributed by atoms with Crippen LogP contribution < -0.4 is 15.1 Å². The number of anilines is 2. The molecule has 0 bridgehead atoms. The average molecular weight is 392 g/mol. The number of ether oxygens (including phenoxy) is 1. The molecule has 2 amide bonds. The maximum atomic E-state index is 14.8. The Kier molecular flexibility index (Phi) is 4.47. The van der Waals surface area contributed by atoms with Crippen molar-refractivity contribution < 1.29 is 23.1 Å². The maximum absolute atomic E-state index is 14.8. The van der Waals surface area contributed by atoms with Gasteiger partial charge in [-0.15, -0.1) is 0 Å². The van der Waals surface area contributed by atoms with E-state index in [1.165, 1.54) is 11.8 Å². The molecule has 9 heteroatoms. The number of benzene rings is 1. The Morgan fingerprint density at radius 1 is 1.36 bits per heavy atom. The van der Waals surface area contributed by atoms with Crippen molar-refractivity contribution in [2.24, 2.45) is 10.4 Å². The lowest BCUT2D eigenvalue weighted by Crippen LogP contribution is -2.33. The summed E-state index contributed by atoms with van der Waals surface area (Å²) in [7, 11) is 1.71. The van der Waals surface area contributed by atoms with E-state index in [4.69, 9.17) is 4.74 Å². The summed E-state index contributed by atoms with van der Waals surface area (Å²) in [5, 5.41) is 2.56. The highest BCUT2D eigenvalue weighted by atomic mass is 19.1. The molecular weight excluding hydrogens is 370 g/mol. The number of rotatable bonds is 4. The lowest BCUT2D eigenvalue weighted by molar-refractivity contribution is -0.119. The van der Waals surface area contributed by atoms with Gasteiger partial charge in [-0.2, -0.15) is 0 Å². The molecule has 2 heterocycles. The van der Waals surface area contributed by atoms with Gasteiger partial charge >= 0.3 is 6.09 Å². The molecule has 1 atom stereocenters. The number of cyclic esters (lactones) is 1. The molecule has 28 heavy (non-hydrogen) atoms. The summed E-state index contributed by atoms with van der Waals surface area (Å²) in [6.45, 7) is 2.58. The second-order valence-corrected chi connectivity index (χ2v) is 7.62. The van der Waals surface area contributed by atoms with Crippen LogP contribution >= 0.6 is 0 Å². The quantitative estimate of drug-likeness (QED) is 0.852. The van der Waals surface area contributed by atoms with E-state index in [-0.39, 0.29) is 35.8 Å². The van der Waals surface area contributed by atoms with Crippen LogP contribution in [0.3, 0.4) is 0 Å². The molecule has 3 aliphatic rings. The fourth-order valence-corrected chi connectivity index (χ4v) is 4.03. The van der Waals surface area contributed by atoms with Crippen molar-refractivity contribution in [2.45, 2.75) is 25.9 Å². The minimum Gasteiger partial charge on any atom is -0.442 e. The van der Waals surface area contributed by atoms with Crippen molar-refractivity contribution in [1.29, 1.82) is 0 Å². The highest BCUT2D eigenvalue weighted by Gasteiger charge is 2.53. The lowest BCUT2D eigenvalue weighted by atomic mass is 10.1. The van der Waals surface area contributed by atoms with Crippen LogP contribution in [0, 0.1) is 17.0 Å². The summed E-state index contributed by atoms with van der Waals surface area (Å²) in [6.07, 6.45) is 0.721. The van der Waals surface area contributed by atoms with Gasteiger partial charge in [0, 0.05) is 43.8 Å². The average Bonchev–Trinajstić information content (AvgIpc) is 3.16. The molecule has 2 aliphatic heterocycles. The van der Waals surface area contributed by atoms with Crippen LogP contribution in [0.5, 0.6) is 0 Å². The smallest absolute Gasteiger partial charge is 0.414 e. The molecule has 0 radical (unpaired) electrons. The molecule has 1 aromatic rings. The first-order valence-corrected chi connectivity index (χ1v) is 9.26. The van der Waals surface area contributed by atoms with Gasteiger partial charge in [0.2, 0.25) is 5.91 Å². The monoisotopic (exact) mass is 392 g/mol. The zero-order valence-electron chi connectivity index (χ0n) is 15.8. The minimum absolute atomic E-state index is 0.0258. The summed E-state index contributed by atoms with van der Waals surface area (Å²) in [5.41, 5.74) is 0.969. The summed E-state index contributed by atoms with van der Waals surface area (Å²) < 4.78 is 34.8. The van der Waals surface area contributed by atoms with Crippen LogP contribution in [0.15, 0.2) is 17.1 Å². The van der Waals surface area contributed by atoms with Gasteiger partial charge in [0.1, 0.15) is 11.8 Å². The standard InChI is InChI=1S/C19H22F2N4O3/c1-11(26)23-7-13-8-25(18(27)28-13)12-5-14(20)17(15(21)6-12)24-9-16(22-2)19(10-24)3-4-19/h5-6,13H,3-4,7-10H2,1-2H3,(H,23,26)/b22-16+/t13-/m0/s1. The number of hydrogen-bond acceptors (Lipinski definition) is 5. The molecule has 1 aromatic carbocycles. The number of halogens is 2. The Balaban J connectivity index is 1.54. The number of nitrogens with zero attached hydrogens (tertiary/aromatic N) is 3. The fraction of sp³-hybridized carbons (Fsp3) is 0.526. The molecule has 3 fully saturated rings. The van der Waals surface area contributed by atoms with Crippen molar-refractivity contribution in [3.05, 3.63) is 23.8 Å². The van der Waals surface area contributed by atoms with E-state index < -0.39 is 23.8 Å². The van der Waals surface area contributed by atoms with Crippen LogP contribution in [0.4, 0.5) is 25.0 Å². The number of amides is 2. The Labute approximate surface area is 161 Å². The first-order valence-electron chi connectivity index (χ1n) is 9.26. The second kappa shape index (κ2) is 6.72. The third-order valence-corrected chi connectivity index (χ3v) is 5.65. The Hall–Kier alpha value is -2.71. The molecule has 150 valence electrons. The Morgan fingerprint density at radius 2 is 2.04 bits per heavy atom. The molecule has 4 rings (SSSR count). The van der Waals surface area contributed by atoms with E-state index in [0.29, 0.717) is 13.1 Å². The Bertz CT molecular complexity index is 846. The summed E-state index contributed by atoms with van der Waals surface area (Å²) in [4.78, 5) is 30.3. The molecule has 1 aliphatic carbocycles. The third kappa shape index (κ3) is 3.18. The van der Waals surface area contributed by atoms with Gasteiger partial charge in [-0.1, -0.05) is 0 Å². The number of carbonyl (C=O) groups excluding carboxylic acids is 2. The van der Waals surface area contributed by atoms with E-state index in [2.05, 4.69) is 10.3 Å². The number of carbonyl (C=O) groups is 2. The Morgan fingerprint density at radius 3 is 2.57 bits per heavy atom. The van der Waals surface area contributed by atoms with Crippen LogP contribution in [0.25, 0.3) is 0 Å². The number of hydrogen-bond donors (Lipinski definition) is 1. The van der Waals surface area contributed by atoms with Gasteiger partial charge in [0.15, 0.2) is 11.6 Å². The van der Waals surface area contributed by atoms with Gasteiger partial charge in [-0.25, -0.2) is 13.6 Å². The molecule has 0 unspecified atom stereocenters. The second-order valence-electron chi connectivity index (χ2n) is 7.62. The first kappa shape index (κ1) is 18.6. The SMILES string of the molecule is C/N=C1\CN(c2c(F)cc(N3C[C@H](CNC(C)=O)OC3=O)cc2F)CC12CC2. The lowest BCUT2D eigenvalue weighted by Gasteiger charge is -2.21. The van der Waals surface area contributed by atoms with E-state index in [0.717, 1.165) is 30.7 Å². The van der Waals surface area contributed by atoms with Crippen molar-refractivity contribution in [2.75, 3.05) is 43.0 Å². The van der Waals surface area contributed by atoms with E-state index >= 15 is 0 Å².